The molecule has 0 aromatic heterocycles. The molecule has 1 heterocycles. The standard InChI is InChI=1S/C11H11FO4/c1-6-4-8-9(16-3-2-15-8)5-7(6)10(12)11(13)14/h4-5,10H,2-3H2,1H3,(H,13,14). The molecular weight excluding hydrogens is 215 g/mol. The van der Waals surface area contributed by atoms with E-state index in [0.717, 1.165) is 0 Å². The van der Waals surface area contributed by atoms with Gasteiger partial charge in [0.25, 0.3) is 0 Å². The van der Waals surface area contributed by atoms with E-state index in [0.29, 0.717) is 30.3 Å². The van der Waals surface area contributed by atoms with E-state index in [1.165, 1.54) is 6.07 Å². The molecule has 1 aliphatic heterocycles. The predicted octanol–water partition coefficient (Wildman–Crippen LogP) is 1.86. The lowest BCUT2D eigenvalue weighted by Crippen LogP contribution is -2.16. The molecule has 0 saturated heterocycles. The van der Waals surface area contributed by atoms with Crippen LogP contribution in [0.1, 0.15) is 17.3 Å². The van der Waals surface area contributed by atoms with Crippen molar-refractivity contribution in [1.29, 1.82) is 0 Å². The molecule has 0 aliphatic carbocycles. The Morgan fingerprint density at radius 2 is 1.94 bits per heavy atom. The third kappa shape index (κ3) is 1.80. The maximum Gasteiger partial charge on any atom is 0.343 e. The third-order valence-electron chi connectivity index (χ3n) is 2.42. The van der Waals surface area contributed by atoms with Gasteiger partial charge in [0.15, 0.2) is 11.5 Å². The van der Waals surface area contributed by atoms with Gasteiger partial charge in [-0.3, -0.25) is 0 Å². The first-order chi connectivity index (χ1) is 7.59. The molecule has 5 heteroatoms. The molecule has 1 aromatic rings. The Kier molecular flexibility index (Phi) is 2.68. The largest absolute Gasteiger partial charge is 0.486 e. The van der Waals surface area contributed by atoms with Crippen molar-refractivity contribution in [3.8, 4) is 11.5 Å². The maximum atomic E-state index is 13.4. The zero-order valence-corrected chi connectivity index (χ0v) is 8.70. The summed E-state index contributed by atoms with van der Waals surface area (Å²) in [7, 11) is 0. The SMILES string of the molecule is Cc1cc2c(cc1C(F)C(=O)O)OCCO2. The Morgan fingerprint density at radius 3 is 2.50 bits per heavy atom. The van der Waals surface area contributed by atoms with Crippen LogP contribution < -0.4 is 9.47 Å². The molecule has 1 atom stereocenters. The van der Waals surface area contributed by atoms with E-state index in [2.05, 4.69) is 0 Å². The van der Waals surface area contributed by atoms with Crippen molar-refractivity contribution in [3.63, 3.8) is 0 Å². The van der Waals surface area contributed by atoms with Crippen LogP contribution in [0.4, 0.5) is 4.39 Å². The lowest BCUT2D eigenvalue weighted by atomic mass is 10.0. The van der Waals surface area contributed by atoms with Crippen molar-refractivity contribution < 1.29 is 23.8 Å². The average molecular weight is 226 g/mol. The molecule has 1 aromatic carbocycles. The Balaban J connectivity index is 2.43. The molecule has 0 saturated carbocycles. The summed E-state index contributed by atoms with van der Waals surface area (Å²) in [4.78, 5) is 10.6. The quantitative estimate of drug-likeness (QED) is 0.836. The lowest BCUT2D eigenvalue weighted by Gasteiger charge is -2.20. The highest BCUT2D eigenvalue weighted by atomic mass is 19.1. The molecule has 2 rings (SSSR count). The number of aryl methyl sites for hydroxylation is 1. The summed E-state index contributed by atoms with van der Waals surface area (Å²) in [5.74, 6) is -0.569. The van der Waals surface area contributed by atoms with Crippen molar-refractivity contribution in [2.75, 3.05) is 13.2 Å². The number of ether oxygens (including phenoxy) is 2. The fraction of sp³-hybridized carbons (Fsp3) is 0.364. The summed E-state index contributed by atoms with van der Waals surface area (Å²) in [6.45, 7) is 2.48. The third-order valence-corrected chi connectivity index (χ3v) is 2.42. The molecule has 0 fully saturated rings. The first kappa shape index (κ1) is 10.7. The molecule has 86 valence electrons. The highest BCUT2D eigenvalue weighted by molar-refractivity contribution is 5.75. The van der Waals surface area contributed by atoms with Gasteiger partial charge in [0.05, 0.1) is 0 Å². The van der Waals surface area contributed by atoms with E-state index < -0.39 is 12.1 Å². The second-order valence-corrected chi connectivity index (χ2v) is 3.55. The van der Waals surface area contributed by atoms with Crippen molar-refractivity contribution in [1.82, 2.24) is 0 Å². The Hall–Kier alpha value is -1.78. The van der Waals surface area contributed by atoms with Crippen LogP contribution in [-0.4, -0.2) is 24.3 Å². The zero-order chi connectivity index (χ0) is 11.7. The van der Waals surface area contributed by atoms with Crippen molar-refractivity contribution in [3.05, 3.63) is 23.3 Å². The van der Waals surface area contributed by atoms with Gasteiger partial charge < -0.3 is 14.6 Å². The first-order valence-electron chi connectivity index (χ1n) is 4.86. The minimum atomic E-state index is -2.03. The number of alkyl halides is 1. The second kappa shape index (κ2) is 4.00. The Labute approximate surface area is 91.6 Å². The van der Waals surface area contributed by atoms with Gasteiger partial charge in [-0.1, -0.05) is 0 Å². The fourth-order valence-corrected chi connectivity index (χ4v) is 1.61. The van der Waals surface area contributed by atoms with Crippen molar-refractivity contribution in [2.24, 2.45) is 0 Å². The number of hydrogen-bond donors (Lipinski definition) is 1. The van der Waals surface area contributed by atoms with Crippen LogP contribution in [0.5, 0.6) is 11.5 Å². The molecule has 0 radical (unpaired) electrons. The van der Waals surface area contributed by atoms with E-state index in [9.17, 15) is 9.18 Å². The number of aliphatic carboxylic acids is 1. The summed E-state index contributed by atoms with van der Waals surface area (Å²) < 4.78 is 24.0. The summed E-state index contributed by atoms with van der Waals surface area (Å²) in [5.41, 5.74) is 0.649. The van der Waals surface area contributed by atoms with Crippen LogP contribution in [0.2, 0.25) is 0 Å². The number of fused-ring (bicyclic) bond motifs is 1. The van der Waals surface area contributed by atoms with Gasteiger partial charge in [-0.25, -0.2) is 9.18 Å². The number of carboxylic acid groups (broad SMARTS) is 1. The monoisotopic (exact) mass is 226 g/mol. The summed E-state index contributed by atoms with van der Waals surface area (Å²) in [5, 5.41) is 8.62. The van der Waals surface area contributed by atoms with E-state index in [4.69, 9.17) is 14.6 Å². The van der Waals surface area contributed by atoms with Gasteiger partial charge in [0.1, 0.15) is 13.2 Å². The van der Waals surface area contributed by atoms with Crippen LogP contribution in [0.25, 0.3) is 0 Å². The molecule has 1 aliphatic rings. The number of carboxylic acids is 1. The molecule has 16 heavy (non-hydrogen) atoms. The van der Waals surface area contributed by atoms with Gasteiger partial charge in [0.2, 0.25) is 6.17 Å². The van der Waals surface area contributed by atoms with E-state index >= 15 is 0 Å². The first-order valence-corrected chi connectivity index (χ1v) is 4.86. The molecule has 4 nitrogen and oxygen atoms in total. The summed E-state index contributed by atoms with van der Waals surface area (Å²) in [6, 6.07) is 2.99. The smallest absolute Gasteiger partial charge is 0.343 e. The second-order valence-electron chi connectivity index (χ2n) is 3.55. The summed E-state index contributed by atoms with van der Waals surface area (Å²) in [6.07, 6.45) is -2.03. The van der Waals surface area contributed by atoms with Gasteiger partial charge in [-0.2, -0.15) is 0 Å². The average Bonchev–Trinajstić information content (AvgIpc) is 2.27. The van der Waals surface area contributed by atoms with Crippen molar-refractivity contribution >= 4 is 5.97 Å². The van der Waals surface area contributed by atoms with E-state index in [1.54, 1.807) is 13.0 Å². The molecule has 1 N–H and O–H groups in total. The van der Waals surface area contributed by atoms with Crippen molar-refractivity contribution in [2.45, 2.75) is 13.1 Å². The maximum absolute atomic E-state index is 13.4. The zero-order valence-electron chi connectivity index (χ0n) is 8.70. The van der Waals surface area contributed by atoms with Crippen LogP contribution in [-0.2, 0) is 4.79 Å². The number of benzene rings is 1. The van der Waals surface area contributed by atoms with E-state index in [1.807, 2.05) is 0 Å². The van der Waals surface area contributed by atoms with Gasteiger partial charge in [-0.15, -0.1) is 0 Å². The van der Waals surface area contributed by atoms with Gasteiger partial charge >= 0.3 is 5.97 Å². The number of carbonyl (C=O) groups is 1. The Morgan fingerprint density at radius 1 is 1.38 bits per heavy atom. The lowest BCUT2D eigenvalue weighted by molar-refractivity contribution is -0.143. The predicted molar refractivity (Wildman–Crippen MR) is 53.7 cm³/mol. The van der Waals surface area contributed by atoms with E-state index in [-0.39, 0.29) is 5.56 Å². The number of rotatable bonds is 2. The van der Waals surface area contributed by atoms with Crippen LogP contribution in [0, 0.1) is 6.92 Å². The molecular formula is C11H11FO4. The van der Waals surface area contributed by atoms with Crippen LogP contribution in [0.15, 0.2) is 12.1 Å². The van der Waals surface area contributed by atoms with Gasteiger partial charge in [0, 0.05) is 5.56 Å². The molecule has 0 spiro atoms. The normalized spacial score (nSPS) is 15.6. The van der Waals surface area contributed by atoms with Crippen LogP contribution >= 0.6 is 0 Å². The topological polar surface area (TPSA) is 55.8 Å². The van der Waals surface area contributed by atoms with Gasteiger partial charge in [-0.05, 0) is 24.6 Å². The van der Waals surface area contributed by atoms with Crippen LogP contribution in [0.3, 0.4) is 0 Å². The highest BCUT2D eigenvalue weighted by Crippen LogP contribution is 2.36. The Bertz CT molecular complexity index is 430. The highest BCUT2D eigenvalue weighted by Gasteiger charge is 2.24. The minimum Gasteiger partial charge on any atom is -0.486 e. The molecule has 1 unspecified atom stereocenters. The fourth-order valence-electron chi connectivity index (χ4n) is 1.61. The number of halogens is 1. The number of hydrogen-bond acceptors (Lipinski definition) is 3. The minimum absolute atomic E-state index is 0.108. The molecule has 0 amide bonds. The molecule has 0 bridgehead atoms. The summed E-state index contributed by atoms with van der Waals surface area (Å²) >= 11 is 0.